The Morgan fingerprint density at radius 3 is 2.40 bits per heavy atom. The van der Waals surface area contributed by atoms with Crippen molar-refractivity contribution in [2.75, 3.05) is 25.9 Å². The summed E-state index contributed by atoms with van der Waals surface area (Å²) < 4.78 is 27.3. The first-order valence-electron chi connectivity index (χ1n) is 11.5. The zero-order valence-corrected chi connectivity index (χ0v) is 18.5. The van der Waals surface area contributed by atoms with Crippen LogP contribution in [0.15, 0.2) is 29.1 Å². The van der Waals surface area contributed by atoms with Gasteiger partial charge in [0.2, 0.25) is 10.0 Å². The molecule has 0 amide bonds. The third kappa shape index (κ3) is 2.70. The van der Waals surface area contributed by atoms with Crippen LogP contribution in [0.1, 0.15) is 51.0 Å². The van der Waals surface area contributed by atoms with Gasteiger partial charge in [0.05, 0.1) is 17.3 Å². The van der Waals surface area contributed by atoms with Gasteiger partial charge in [0.25, 0.3) is 0 Å². The summed E-state index contributed by atoms with van der Waals surface area (Å²) in [5.74, 6) is 2.85. The second-order valence-electron chi connectivity index (χ2n) is 10.3. The van der Waals surface area contributed by atoms with Crippen molar-refractivity contribution in [2.45, 2.75) is 51.0 Å². The molecule has 1 aromatic carbocycles. The molecule has 1 spiro atoms. The lowest BCUT2D eigenvalue weighted by molar-refractivity contribution is 0.101. The van der Waals surface area contributed by atoms with E-state index in [1.807, 2.05) is 12.1 Å². The maximum Gasteiger partial charge on any atom is 0.343 e. The van der Waals surface area contributed by atoms with Crippen molar-refractivity contribution in [3.8, 4) is 0 Å². The van der Waals surface area contributed by atoms with Gasteiger partial charge < -0.3 is 4.90 Å². The second kappa shape index (κ2) is 6.45. The van der Waals surface area contributed by atoms with Crippen LogP contribution in [0.3, 0.4) is 0 Å². The van der Waals surface area contributed by atoms with Crippen molar-refractivity contribution in [3.05, 3.63) is 34.7 Å². The van der Waals surface area contributed by atoms with Gasteiger partial charge in [-0.3, -0.25) is 4.57 Å². The summed E-state index contributed by atoms with van der Waals surface area (Å²) in [6.07, 6.45) is 10.2. The predicted molar refractivity (Wildman–Crippen MR) is 117 cm³/mol. The molecule has 3 atom stereocenters. The van der Waals surface area contributed by atoms with E-state index in [1.165, 1.54) is 38.6 Å². The molecule has 0 radical (unpaired) electrons. The zero-order chi connectivity index (χ0) is 20.7. The van der Waals surface area contributed by atoms with Crippen molar-refractivity contribution < 1.29 is 8.42 Å². The van der Waals surface area contributed by atoms with Gasteiger partial charge >= 0.3 is 5.69 Å². The quantitative estimate of drug-likeness (QED) is 0.749. The van der Waals surface area contributed by atoms with E-state index in [-0.39, 0.29) is 6.04 Å². The highest BCUT2D eigenvalue weighted by Gasteiger charge is 2.63. The average Bonchev–Trinajstić information content (AvgIpc) is 3.11. The summed E-state index contributed by atoms with van der Waals surface area (Å²) in [4.78, 5) is 15.7. The molecule has 3 saturated carbocycles. The molecule has 4 aliphatic rings. The Labute approximate surface area is 177 Å². The van der Waals surface area contributed by atoms with Crippen molar-refractivity contribution >= 4 is 21.1 Å². The Kier molecular flexibility index (Phi) is 4.11. The summed E-state index contributed by atoms with van der Waals surface area (Å²) in [5, 5.41) is 0. The number of likely N-dealkylation sites (tertiary alicyclic amines) is 1. The molecular formula is C23H31N3O3S. The molecule has 6 rings (SSSR count). The molecule has 2 heterocycles. The van der Waals surface area contributed by atoms with E-state index >= 15 is 0 Å². The van der Waals surface area contributed by atoms with Crippen LogP contribution in [0.4, 0.5) is 0 Å². The molecule has 7 heteroatoms. The van der Waals surface area contributed by atoms with Crippen molar-refractivity contribution in [2.24, 2.45) is 23.2 Å². The van der Waals surface area contributed by atoms with E-state index in [4.69, 9.17) is 0 Å². The molecule has 6 nitrogen and oxygen atoms in total. The van der Waals surface area contributed by atoms with E-state index in [1.54, 1.807) is 16.7 Å². The van der Waals surface area contributed by atoms with Gasteiger partial charge in [-0.1, -0.05) is 12.1 Å². The van der Waals surface area contributed by atoms with Crippen LogP contribution in [-0.2, 0) is 10.0 Å². The Bertz CT molecular complexity index is 1150. The van der Waals surface area contributed by atoms with Crippen LogP contribution in [0.25, 0.3) is 11.0 Å². The van der Waals surface area contributed by atoms with Gasteiger partial charge in [-0.2, -0.15) is 3.97 Å². The van der Waals surface area contributed by atoms with Gasteiger partial charge in [-0.25, -0.2) is 13.2 Å². The monoisotopic (exact) mass is 429 g/mol. The fourth-order valence-corrected chi connectivity index (χ4v) is 8.27. The molecule has 1 aliphatic heterocycles. The highest BCUT2D eigenvalue weighted by atomic mass is 32.2. The molecule has 2 aromatic rings. The van der Waals surface area contributed by atoms with E-state index in [2.05, 4.69) is 4.90 Å². The summed E-state index contributed by atoms with van der Waals surface area (Å²) >= 11 is 0. The van der Waals surface area contributed by atoms with Crippen LogP contribution < -0.4 is 5.69 Å². The molecule has 1 aromatic heterocycles. The molecule has 1 saturated heterocycles. The van der Waals surface area contributed by atoms with Crippen molar-refractivity contribution in [1.29, 1.82) is 0 Å². The molecule has 2 bridgehead atoms. The Hall–Kier alpha value is -1.60. The predicted octanol–water partition coefficient (Wildman–Crippen LogP) is 3.07. The summed E-state index contributed by atoms with van der Waals surface area (Å²) in [6.45, 7) is 3.23. The lowest BCUT2D eigenvalue weighted by Crippen LogP contribution is -2.42. The number of para-hydroxylation sites is 2. The van der Waals surface area contributed by atoms with Crippen LogP contribution >= 0.6 is 0 Å². The first-order chi connectivity index (χ1) is 14.4. The maximum absolute atomic E-state index is 13.1. The number of benzene rings is 1. The smallest absolute Gasteiger partial charge is 0.303 e. The van der Waals surface area contributed by atoms with E-state index in [0.29, 0.717) is 10.9 Å². The summed E-state index contributed by atoms with van der Waals surface area (Å²) in [7, 11) is -3.64. The summed E-state index contributed by atoms with van der Waals surface area (Å²) in [5.41, 5.74) is 1.50. The van der Waals surface area contributed by atoms with Gasteiger partial charge in [-0.15, -0.1) is 0 Å². The molecule has 30 heavy (non-hydrogen) atoms. The highest BCUT2D eigenvalue weighted by Crippen LogP contribution is 2.71. The van der Waals surface area contributed by atoms with Crippen LogP contribution in [0.5, 0.6) is 0 Å². The third-order valence-corrected chi connectivity index (χ3v) is 9.89. The van der Waals surface area contributed by atoms with E-state index in [0.717, 1.165) is 59.4 Å². The molecule has 0 unspecified atom stereocenters. The second-order valence-corrected chi connectivity index (χ2v) is 12.1. The van der Waals surface area contributed by atoms with Crippen LogP contribution in [0.2, 0.25) is 0 Å². The largest absolute Gasteiger partial charge is 0.343 e. The lowest BCUT2D eigenvalue weighted by atomic mass is 9.76. The van der Waals surface area contributed by atoms with Gasteiger partial charge in [0, 0.05) is 25.7 Å². The minimum absolute atomic E-state index is 0.0663. The first kappa shape index (κ1) is 19.1. The number of hydrogen-bond acceptors (Lipinski definition) is 4. The Morgan fingerprint density at radius 1 is 1.03 bits per heavy atom. The molecule has 4 fully saturated rings. The number of rotatable bonds is 4. The third-order valence-electron chi connectivity index (χ3n) is 8.87. The molecule has 0 N–H and O–H groups in total. The van der Waals surface area contributed by atoms with Crippen molar-refractivity contribution in [3.63, 3.8) is 0 Å². The normalized spacial score (nSPS) is 31.2. The van der Waals surface area contributed by atoms with Crippen molar-refractivity contribution in [1.82, 2.24) is 13.4 Å². The minimum Gasteiger partial charge on any atom is -0.303 e. The molecular weight excluding hydrogens is 398 g/mol. The fraction of sp³-hybridized carbons (Fsp3) is 0.696. The average molecular weight is 430 g/mol. The number of nitrogens with zero attached hydrogens (tertiary/aromatic N) is 3. The molecule has 162 valence electrons. The summed E-state index contributed by atoms with van der Waals surface area (Å²) in [6, 6.07) is 7.34. The fourth-order valence-electron chi connectivity index (χ4n) is 7.39. The Balaban J connectivity index is 1.23. The van der Waals surface area contributed by atoms with E-state index < -0.39 is 15.7 Å². The number of fused-ring (bicyclic) bond motifs is 4. The van der Waals surface area contributed by atoms with Crippen LogP contribution in [-0.4, -0.2) is 47.7 Å². The van der Waals surface area contributed by atoms with Crippen LogP contribution in [0, 0.1) is 23.2 Å². The van der Waals surface area contributed by atoms with Gasteiger partial charge in [-0.05, 0) is 80.2 Å². The minimum atomic E-state index is -3.64. The molecule has 3 aliphatic carbocycles. The highest BCUT2D eigenvalue weighted by molar-refractivity contribution is 7.89. The SMILES string of the molecule is CS(=O)(=O)n1c(=O)n(C2CCN(C[C@H]3[C@H]4CC[C@H](C4)C34CC4)CC2)c2ccccc21. The Morgan fingerprint density at radius 2 is 1.73 bits per heavy atom. The number of piperidine rings is 1. The number of aromatic nitrogens is 2. The van der Waals surface area contributed by atoms with Gasteiger partial charge in [0.15, 0.2) is 0 Å². The number of hydrogen-bond donors (Lipinski definition) is 0. The topological polar surface area (TPSA) is 64.3 Å². The standard InChI is InChI=1S/C23H31N3O3S/c1-30(28,29)26-21-5-3-2-4-20(21)25(22(26)27)18-8-12-24(13-9-18)15-19-16-6-7-17(14-16)23(19)10-11-23/h2-5,16-19H,6-15H2,1H3/t16-,17+,19-/m0/s1. The first-order valence-corrected chi connectivity index (χ1v) is 13.4. The maximum atomic E-state index is 13.1. The van der Waals surface area contributed by atoms with E-state index in [9.17, 15) is 13.2 Å². The zero-order valence-electron chi connectivity index (χ0n) is 17.7. The van der Waals surface area contributed by atoms with Gasteiger partial charge in [0.1, 0.15) is 0 Å². The number of imidazole rings is 1. The lowest BCUT2D eigenvalue weighted by Gasteiger charge is -2.39.